The minimum Gasteiger partial charge on any atom is -0.465 e. The van der Waals surface area contributed by atoms with Gasteiger partial charge < -0.3 is 14.5 Å². The van der Waals surface area contributed by atoms with Crippen LogP contribution in [0.1, 0.15) is 45.0 Å². The van der Waals surface area contributed by atoms with E-state index in [4.69, 9.17) is 24.4 Å². The van der Waals surface area contributed by atoms with Gasteiger partial charge in [-0.3, -0.25) is 4.90 Å². The SMILES string of the molecule is Cc1ccc(CN2CCc3nc(Nc4ccc(C#N)cc4)nc(Oc4c(C)cc(C#N)cc4C)c3CC2)o1. The Morgan fingerprint density at radius 2 is 1.63 bits per heavy atom. The molecule has 0 saturated heterocycles. The molecule has 1 N–H and O–H groups in total. The van der Waals surface area contributed by atoms with Crippen molar-refractivity contribution in [1.29, 1.82) is 10.5 Å². The Morgan fingerprint density at radius 1 is 0.921 bits per heavy atom. The van der Waals surface area contributed by atoms with Gasteiger partial charge in [0.25, 0.3) is 0 Å². The second kappa shape index (κ2) is 10.8. The fourth-order valence-electron chi connectivity index (χ4n) is 4.73. The van der Waals surface area contributed by atoms with Crippen molar-refractivity contribution in [1.82, 2.24) is 14.9 Å². The molecule has 0 saturated carbocycles. The second-order valence-electron chi connectivity index (χ2n) is 9.53. The van der Waals surface area contributed by atoms with Gasteiger partial charge in [0.2, 0.25) is 11.8 Å². The molecule has 3 heterocycles. The van der Waals surface area contributed by atoms with Gasteiger partial charge in [0.05, 0.1) is 35.5 Å². The molecule has 4 aromatic rings. The van der Waals surface area contributed by atoms with Gasteiger partial charge in [-0.05, 0) is 86.8 Å². The first-order valence-electron chi connectivity index (χ1n) is 12.6. The number of aryl methyl sites for hydroxylation is 3. The highest BCUT2D eigenvalue weighted by molar-refractivity contribution is 5.57. The number of rotatable bonds is 6. The monoisotopic (exact) mass is 504 g/mol. The molecule has 0 unspecified atom stereocenters. The molecule has 0 radical (unpaired) electrons. The van der Waals surface area contributed by atoms with Crippen LogP contribution in [-0.4, -0.2) is 28.0 Å². The number of anilines is 2. The third-order valence-electron chi connectivity index (χ3n) is 6.63. The molecule has 0 atom stereocenters. The summed E-state index contributed by atoms with van der Waals surface area (Å²) in [5.74, 6) is 3.50. The zero-order valence-electron chi connectivity index (χ0n) is 21.7. The lowest BCUT2D eigenvalue weighted by atomic mass is 10.1. The van der Waals surface area contributed by atoms with E-state index in [1.54, 1.807) is 12.1 Å². The number of furan rings is 1. The van der Waals surface area contributed by atoms with E-state index in [1.165, 1.54) is 0 Å². The summed E-state index contributed by atoms with van der Waals surface area (Å²) in [7, 11) is 0. The van der Waals surface area contributed by atoms with Crippen LogP contribution in [0.25, 0.3) is 0 Å². The van der Waals surface area contributed by atoms with Crippen LogP contribution >= 0.6 is 0 Å². The van der Waals surface area contributed by atoms with E-state index in [0.29, 0.717) is 28.7 Å². The minimum absolute atomic E-state index is 0.433. The van der Waals surface area contributed by atoms with Gasteiger partial charge >= 0.3 is 0 Å². The topological polar surface area (TPSA) is 111 Å². The molecule has 0 fully saturated rings. The van der Waals surface area contributed by atoms with E-state index in [2.05, 4.69) is 22.4 Å². The zero-order valence-corrected chi connectivity index (χ0v) is 21.7. The molecule has 5 rings (SSSR count). The van der Waals surface area contributed by atoms with Gasteiger partial charge in [0.15, 0.2) is 0 Å². The van der Waals surface area contributed by atoms with Crippen molar-refractivity contribution in [3.05, 3.63) is 93.6 Å². The second-order valence-corrected chi connectivity index (χ2v) is 9.53. The van der Waals surface area contributed by atoms with Gasteiger partial charge in [-0.25, -0.2) is 4.98 Å². The zero-order chi connectivity index (χ0) is 26.6. The van der Waals surface area contributed by atoms with Gasteiger partial charge in [-0.15, -0.1) is 0 Å². The summed E-state index contributed by atoms with van der Waals surface area (Å²) in [4.78, 5) is 12.0. The van der Waals surface area contributed by atoms with Gasteiger partial charge in [0.1, 0.15) is 17.3 Å². The number of nitriles is 2. The molecule has 190 valence electrons. The molecule has 0 aliphatic carbocycles. The summed E-state index contributed by atoms with van der Waals surface area (Å²) in [5, 5.41) is 21.7. The Morgan fingerprint density at radius 3 is 2.29 bits per heavy atom. The first-order valence-corrected chi connectivity index (χ1v) is 12.6. The van der Waals surface area contributed by atoms with E-state index >= 15 is 0 Å². The number of nitrogens with one attached hydrogen (secondary N) is 1. The van der Waals surface area contributed by atoms with Crippen LogP contribution in [0.5, 0.6) is 11.6 Å². The number of fused-ring (bicyclic) bond motifs is 1. The molecular weight excluding hydrogens is 476 g/mol. The van der Waals surface area contributed by atoms with Crippen LogP contribution in [0, 0.1) is 43.4 Å². The normalized spacial score (nSPS) is 13.2. The lowest BCUT2D eigenvalue weighted by Crippen LogP contribution is -2.25. The fourth-order valence-corrected chi connectivity index (χ4v) is 4.73. The van der Waals surface area contributed by atoms with E-state index in [9.17, 15) is 5.26 Å². The summed E-state index contributed by atoms with van der Waals surface area (Å²) >= 11 is 0. The van der Waals surface area contributed by atoms with E-state index in [1.807, 2.05) is 57.2 Å². The fraction of sp³-hybridized carbons (Fsp3) is 0.267. The number of nitrogens with zero attached hydrogens (tertiary/aromatic N) is 5. The summed E-state index contributed by atoms with van der Waals surface area (Å²) in [6, 6.07) is 19.2. The van der Waals surface area contributed by atoms with E-state index in [-0.39, 0.29) is 0 Å². The average molecular weight is 505 g/mol. The predicted molar refractivity (Wildman–Crippen MR) is 143 cm³/mol. The molecule has 0 bridgehead atoms. The lowest BCUT2D eigenvalue weighted by Gasteiger charge is -2.18. The van der Waals surface area contributed by atoms with Crippen LogP contribution < -0.4 is 10.1 Å². The number of hydrogen-bond acceptors (Lipinski definition) is 8. The summed E-state index contributed by atoms with van der Waals surface area (Å²) in [6.45, 7) is 8.21. The highest BCUT2D eigenvalue weighted by atomic mass is 16.5. The average Bonchev–Trinajstić information content (AvgIpc) is 3.21. The molecular formula is C30H28N6O2. The van der Waals surface area contributed by atoms with Crippen molar-refractivity contribution < 1.29 is 9.15 Å². The largest absolute Gasteiger partial charge is 0.465 e. The summed E-state index contributed by atoms with van der Waals surface area (Å²) in [6.07, 6.45) is 1.47. The highest BCUT2D eigenvalue weighted by Crippen LogP contribution is 2.34. The van der Waals surface area contributed by atoms with Crippen LogP contribution in [0.2, 0.25) is 0 Å². The highest BCUT2D eigenvalue weighted by Gasteiger charge is 2.23. The molecule has 1 aliphatic rings. The Hall–Kier alpha value is -4.66. The molecule has 1 aliphatic heterocycles. The summed E-state index contributed by atoms with van der Waals surface area (Å²) < 4.78 is 12.3. The molecule has 0 spiro atoms. The van der Waals surface area contributed by atoms with Crippen molar-refractivity contribution in [2.24, 2.45) is 0 Å². The molecule has 38 heavy (non-hydrogen) atoms. The standard InChI is InChI=1S/C30H28N6O2/c1-19-14-23(17-32)15-20(2)28(19)38-29-26-10-12-36(18-25-9-4-21(3)37-25)13-11-27(26)34-30(35-29)33-24-7-5-22(16-31)6-8-24/h4-9,14-15H,10-13,18H2,1-3H3,(H,33,34,35). The van der Waals surface area contributed by atoms with Gasteiger partial charge in [0, 0.05) is 30.8 Å². The van der Waals surface area contributed by atoms with Crippen LogP contribution in [0.15, 0.2) is 52.9 Å². The number of ether oxygens (including phenoxy) is 1. The molecule has 0 amide bonds. The Kier molecular flexibility index (Phi) is 7.08. The Bertz CT molecular complexity index is 1540. The van der Waals surface area contributed by atoms with Crippen molar-refractivity contribution in [3.63, 3.8) is 0 Å². The quantitative estimate of drug-likeness (QED) is 0.347. The maximum absolute atomic E-state index is 9.35. The maximum atomic E-state index is 9.35. The first kappa shape index (κ1) is 25.0. The third-order valence-corrected chi connectivity index (χ3v) is 6.63. The van der Waals surface area contributed by atoms with Crippen molar-refractivity contribution in [3.8, 4) is 23.8 Å². The Labute approximate surface area is 222 Å². The van der Waals surface area contributed by atoms with Crippen LogP contribution in [0.4, 0.5) is 11.6 Å². The maximum Gasteiger partial charge on any atom is 0.230 e. The number of aromatic nitrogens is 2. The predicted octanol–water partition coefficient (Wildman–Crippen LogP) is 5.87. The Balaban J connectivity index is 1.48. The van der Waals surface area contributed by atoms with E-state index < -0.39 is 0 Å². The van der Waals surface area contributed by atoms with E-state index in [0.717, 1.165) is 72.1 Å². The summed E-state index contributed by atoms with van der Waals surface area (Å²) in [5.41, 5.74) is 5.63. The molecule has 2 aromatic heterocycles. The van der Waals surface area contributed by atoms with Crippen LogP contribution in [0.3, 0.4) is 0 Å². The molecule has 8 nitrogen and oxygen atoms in total. The van der Waals surface area contributed by atoms with Gasteiger partial charge in [-0.1, -0.05) is 0 Å². The van der Waals surface area contributed by atoms with Crippen molar-refractivity contribution in [2.45, 2.75) is 40.2 Å². The number of hydrogen-bond donors (Lipinski definition) is 1. The van der Waals surface area contributed by atoms with Crippen molar-refractivity contribution in [2.75, 3.05) is 18.4 Å². The lowest BCUT2D eigenvalue weighted by molar-refractivity contribution is 0.253. The van der Waals surface area contributed by atoms with Crippen molar-refractivity contribution >= 4 is 11.6 Å². The minimum atomic E-state index is 0.433. The molecule has 2 aromatic carbocycles. The smallest absolute Gasteiger partial charge is 0.230 e. The van der Waals surface area contributed by atoms with Crippen LogP contribution in [-0.2, 0) is 19.4 Å². The molecule has 8 heteroatoms. The third kappa shape index (κ3) is 5.51. The number of benzene rings is 2. The first-order chi connectivity index (χ1) is 18.4. The van der Waals surface area contributed by atoms with Gasteiger partial charge in [-0.2, -0.15) is 15.5 Å².